The van der Waals surface area contributed by atoms with Crippen LogP contribution in [0, 0.1) is 6.92 Å². The minimum Gasteiger partial charge on any atom is -0.322 e. The molecule has 0 aromatic heterocycles. The SMILES string of the molecule is CC(=O)c1ccc(C)c(NC(=O)c2cccc(C(F)(F)F)c2)c1. The Labute approximate surface area is 131 Å². The zero-order valence-electron chi connectivity index (χ0n) is 12.5. The quantitative estimate of drug-likeness (QED) is 0.848. The number of amides is 1. The van der Waals surface area contributed by atoms with E-state index in [1.54, 1.807) is 19.1 Å². The fourth-order valence-electron chi connectivity index (χ4n) is 2.01. The van der Waals surface area contributed by atoms with E-state index in [0.29, 0.717) is 16.8 Å². The summed E-state index contributed by atoms with van der Waals surface area (Å²) in [5.41, 5.74) is 0.511. The minimum atomic E-state index is -4.51. The van der Waals surface area contributed by atoms with Gasteiger partial charge in [0.25, 0.3) is 5.91 Å². The number of alkyl halides is 3. The van der Waals surface area contributed by atoms with Gasteiger partial charge in [-0.1, -0.05) is 18.2 Å². The fourth-order valence-corrected chi connectivity index (χ4v) is 2.01. The van der Waals surface area contributed by atoms with Crippen molar-refractivity contribution < 1.29 is 22.8 Å². The van der Waals surface area contributed by atoms with E-state index in [2.05, 4.69) is 5.32 Å². The van der Waals surface area contributed by atoms with Gasteiger partial charge in [-0.3, -0.25) is 9.59 Å². The Morgan fingerprint density at radius 2 is 1.70 bits per heavy atom. The smallest absolute Gasteiger partial charge is 0.322 e. The summed E-state index contributed by atoms with van der Waals surface area (Å²) in [6, 6.07) is 8.96. The van der Waals surface area contributed by atoms with E-state index in [1.807, 2.05) is 0 Å². The Bertz CT molecular complexity index is 767. The first-order chi connectivity index (χ1) is 10.7. The lowest BCUT2D eigenvalue weighted by atomic mass is 10.1. The second-order valence-corrected chi connectivity index (χ2v) is 5.12. The largest absolute Gasteiger partial charge is 0.416 e. The summed E-state index contributed by atoms with van der Waals surface area (Å²) in [6.07, 6.45) is -4.51. The lowest BCUT2D eigenvalue weighted by Gasteiger charge is -2.11. The van der Waals surface area contributed by atoms with Crippen LogP contribution in [0.3, 0.4) is 0 Å². The molecular weight excluding hydrogens is 307 g/mol. The molecule has 6 heteroatoms. The summed E-state index contributed by atoms with van der Waals surface area (Å²) < 4.78 is 38.1. The number of carbonyl (C=O) groups is 2. The summed E-state index contributed by atoms with van der Waals surface area (Å²) in [7, 11) is 0. The third-order valence-electron chi connectivity index (χ3n) is 3.34. The highest BCUT2D eigenvalue weighted by Crippen LogP contribution is 2.29. The number of nitrogens with one attached hydrogen (secondary N) is 1. The van der Waals surface area contributed by atoms with Crippen molar-refractivity contribution in [2.24, 2.45) is 0 Å². The Morgan fingerprint density at radius 3 is 2.30 bits per heavy atom. The molecule has 120 valence electrons. The summed E-state index contributed by atoms with van der Waals surface area (Å²) >= 11 is 0. The van der Waals surface area contributed by atoms with Gasteiger partial charge in [-0.25, -0.2) is 0 Å². The normalized spacial score (nSPS) is 11.2. The van der Waals surface area contributed by atoms with Gasteiger partial charge in [0.2, 0.25) is 0 Å². The van der Waals surface area contributed by atoms with Gasteiger partial charge in [-0.2, -0.15) is 13.2 Å². The van der Waals surface area contributed by atoms with E-state index < -0.39 is 17.6 Å². The first kappa shape index (κ1) is 16.7. The lowest BCUT2D eigenvalue weighted by molar-refractivity contribution is -0.137. The summed E-state index contributed by atoms with van der Waals surface area (Å²) in [5, 5.41) is 2.54. The Balaban J connectivity index is 2.29. The third-order valence-corrected chi connectivity index (χ3v) is 3.34. The van der Waals surface area contributed by atoms with Gasteiger partial charge in [0.05, 0.1) is 5.56 Å². The molecule has 1 amide bonds. The van der Waals surface area contributed by atoms with Crippen molar-refractivity contribution in [3.05, 3.63) is 64.7 Å². The Morgan fingerprint density at radius 1 is 1.00 bits per heavy atom. The number of hydrogen-bond donors (Lipinski definition) is 1. The van der Waals surface area contributed by atoms with E-state index in [9.17, 15) is 22.8 Å². The van der Waals surface area contributed by atoms with E-state index in [-0.39, 0.29) is 11.3 Å². The van der Waals surface area contributed by atoms with Crippen molar-refractivity contribution in [3.63, 3.8) is 0 Å². The number of ketones is 1. The summed E-state index contributed by atoms with van der Waals surface area (Å²) in [5.74, 6) is -0.834. The second kappa shape index (κ2) is 6.24. The molecule has 0 heterocycles. The van der Waals surface area contributed by atoms with Crippen LogP contribution >= 0.6 is 0 Å². The number of rotatable bonds is 3. The zero-order chi connectivity index (χ0) is 17.2. The molecule has 0 aliphatic carbocycles. The van der Waals surface area contributed by atoms with Gasteiger partial charge < -0.3 is 5.32 Å². The molecule has 2 aromatic rings. The molecule has 23 heavy (non-hydrogen) atoms. The van der Waals surface area contributed by atoms with Crippen molar-refractivity contribution in [3.8, 4) is 0 Å². The number of halogens is 3. The molecule has 0 saturated carbocycles. The molecule has 2 aromatic carbocycles. The van der Waals surface area contributed by atoms with Crippen LogP contribution in [0.4, 0.5) is 18.9 Å². The monoisotopic (exact) mass is 321 g/mol. The molecule has 0 radical (unpaired) electrons. The predicted molar refractivity (Wildman–Crippen MR) is 80.6 cm³/mol. The van der Waals surface area contributed by atoms with Crippen LogP contribution in [0.2, 0.25) is 0 Å². The highest BCUT2D eigenvalue weighted by atomic mass is 19.4. The average molecular weight is 321 g/mol. The van der Waals surface area contributed by atoms with Crippen molar-refractivity contribution >= 4 is 17.4 Å². The number of aryl methyl sites for hydroxylation is 1. The maximum absolute atomic E-state index is 12.7. The molecule has 0 unspecified atom stereocenters. The fraction of sp³-hybridized carbons (Fsp3) is 0.176. The molecule has 0 aliphatic rings. The molecule has 0 saturated heterocycles. The van der Waals surface area contributed by atoms with Crippen molar-refractivity contribution in [2.75, 3.05) is 5.32 Å². The van der Waals surface area contributed by atoms with Crippen LogP contribution in [-0.2, 0) is 6.18 Å². The molecule has 3 nitrogen and oxygen atoms in total. The highest BCUT2D eigenvalue weighted by molar-refractivity contribution is 6.05. The van der Waals surface area contributed by atoms with Crippen LogP contribution in [0.25, 0.3) is 0 Å². The van der Waals surface area contributed by atoms with Crippen LogP contribution in [0.5, 0.6) is 0 Å². The maximum Gasteiger partial charge on any atom is 0.416 e. The van der Waals surface area contributed by atoms with Crippen molar-refractivity contribution in [1.82, 2.24) is 0 Å². The standard InChI is InChI=1S/C17H14F3NO2/c1-10-6-7-12(11(2)22)9-15(10)21-16(23)13-4-3-5-14(8-13)17(18,19)20/h3-9H,1-2H3,(H,21,23). The predicted octanol–water partition coefficient (Wildman–Crippen LogP) is 4.47. The topological polar surface area (TPSA) is 46.2 Å². The molecular formula is C17H14F3NO2. The van der Waals surface area contributed by atoms with Crippen LogP contribution in [0.1, 0.15) is 38.8 Å². The second-order valence-electron chi connectivity index (χ2n) is 5.12. The molecule has 0 bridgehead atoms. The van der Waals surface area contributed by atoms with Crippen LogP contribution in [-0.4, -0.2) is 11.7 Å². The summed E-state index contributed by atoms with van der Waals surface area (Å²) in [6.45, 7) is 3.12. The van der Waals surface area contributed by atoms with Crippen molar-refractivity contribution in [1.29, 1.82) is 0 Å². The van der Waals surface area contributed by atoms with Gasteiger partial charge in [-0.05, 0) is 43.7 Å². The molecule has 1 N–H and O–H groups in total. The minimum absolute atomic E-state index is 0.104. The number of benzene rings is 2. The summed E-state index contributed by atoms with van der Waals surface area (Å²) in [4.78, 5) is 23.5. The van der Waals surface area contributed by atoms with Gasteiger partial charge in [0.1, 0.15) is 0 Å². The van der Waals surface area contributed by atoms with E-state index in [0.717, 1.165) is 12.1 Å². The highest BCUT2D eigenvalue weighted by Gasteiger charge is 2.30. The molecule has 0 atom stereocenters. The number of hydrogen-bond acceptors (Lipinski definition) is 2. The zero-order valence-corrected chi connectivity index (χ0v) is 12.5. The van der Waals surface area contributed by atoms with Crippen LogP contribution in [0.15, 0.2) is 42.5 Å². The molecule has 2 rings (SSSR count). The van der Waals surface area contributed by atoms with Crippen LogP contribution < -0.4 is 5.32 Å². The van der Waals surface area contributed by atoms with Gasteiger partial charge in [0, 0.05) is 16.8 Å². The number of Topliss-reactive ketones (excluding diaryl/α,β-unsaturated/α-hetero) is 1. The number of carbonyl (C=O) groups excluding carboxylic acids is 2. The Kier molecular flexibility index (Phi) is 4.54. The van der Waals surface area contributed by atoms with Crippen molar-refractivity contribution in [2.45, 2.75) is 20.0 Å². The maximum atomic E-state index is 12.7. The van der Waals surface area contributed by atoms with E-state index in [4.69, 9.17) is 0 Å². The average Bonchev–Trinajstić information content (AvgIpc) is 2.48. The molecule has 0 fully saturated rings. The number of anilines is 1. The van der Waals surface area contributed by atoms with Gasteiger partial charge in [0.15, 0.2) is 5.78 Å². The van der Waals surface area contributed by atoms with E-state index in [1.165, 1.54) is 25.1 Å². The first-order valence-corrected chi connectivity index (χ1v) is 6.78. The molecule has 0 aliphatic heterocycles. The lowest BCUT2D eigenvalue weighted by Crippen LogP contribution is -2.15. The van der Waals surface area contributed by atoms with Gasteiger partial charge >= 0.3 is 6.18 Å². The van der Waals surface area contributed by atoms with Gasteiger partial charge in [-0.15, -0.1) is 0 Å². The Hall–Kier alpha value is -2.63. The third kappa shape index (κ3) is 3.97. The van der Waals surface area contributed by atoms with E-state index >= 15 is 0 Å². The first-order valence-electron chi connectivity index (χ1n) is 6.78. The molecule has 0 spiro atoms.